The third-order valence-corrected chi connectivity index (χ3v) is 6.64. The molecule has 2 fully saturated rings. The molecular formula is C23H24N2O3S. The molecular weight excluding hydrogens is 384 g/mol. The van der Waals surface area contributed by atoms with E-state index in [1.54, 1.807) is 46.6 Å². The number of nitrogens with zero attached hydrogens (tertiary/aromatic N) is 2. The minimum Gasteiger partial charge on any atom is -0.339 e. The molecule has 0 spiro atoms. The number of Topliss-reactive ketones (excluding diaryl/α,β-unsaturated/α-hetero) is 1. The number of fused-ring (bicyclic) bond motifs is 1. The molecule has 5 nitrogen and oxygen atoms in total. The van der Waals surface area contributed by atoms with Crippen LogP contribution in [0.15, 0.2) is 53.9 Å². The Morgan fingerprint density at radius 3 is 2.59 bits per heavy atom. The molecule has 1 aromatic carbocycles. The second kappa shape index (κ2) is 8.74. The first kappa shape index (κ1) is 19.6. The fraction of sp³-hybridized carbons (Fsp3) is 0.348. The van der Waals surface area contributed by atoms with Crippen molar-refractivity contribution in [2.75, 3.05) is 19.6 Å². The van der Waals surface area contributed by atoms with Crippen molar-refractivity contribution in [2.45, 2.75) is 25.3 Å². The van der Waals surface area contributed by atoms with E-state index in [4.69, 9.17) is 0 Å². The van der Waals surface area contributed by atoms with Gasteiger partial charge in [-0.1, -0.05) is 36.4 Å². The zero-order valence-electron chi connectivity index (χ0n) is 16.2. The quantitative estimate of drug-likeness (QED) is 0.442. The number of likely N-dealkylation sites (tertiary alicyclic amines) is 2. The molecule has 0 radical (unpaired) electrons. The average Bonchev–Trinajstić information content (AvgIpc) is 3.30. The van der Waals surface area contributed by atoms with E-state index in [1.165, 1.54) is 0 Å². The number of hydrogen-bond donors (Lipinski definition) is 0. The van der Waals surface area contributed by atoms with Crippen LogP contribution in [0.4, 0.5) is 0 Å². The molecule has 2 aliphatic rings. The second-order valence-corrected chi connectivity index (χ2v) is 8.56. The Bertz CT molecular complexity index is 907. The van der Waals surface area contributed by atoms with Gasteiger partial charge in [0.05, 0.1) is 0 Å². The van der Waals surface area contributed by atoms with E-state index in [0.717, 1.165) is 24.1 Å². The van der Waals surface area contributed by atoms with Crippen molar-refractivity contribution >= 4 is 35.0 Å². The summed E-state index contributed by atoms with van der Waals surface area (Å²) in [5.74, 6) is -0.614. The van der Waals surface area contributed by atoms with Crippen LogP contribution in [0.25, 0.3) is 6.08 Å². The molecule has 6 heteroatoms. The first-order chi connectivity index (χ1) is 14.1. The zero-order chi connectivity index (χ0) is 20.2. The molecule has 2 amide bonds. The molecule has 2 atom stereocenters. The maximum Gasteiger partial charge on any atom is 0.295 e. The Hall–Kier alpha value is -2.73. The number of amides is 2. The summed E-state index contributed by atoms with van der Waals surface area (Å²) in [5.41, 5.74) is 0.436. The van der Waals surface area contributed by atoms with Crippen molar-refractivity contribution in [2.24, 2.45) is 5.92 Å². The van der Waals surface area contributed by atoms with Crippen LogP contribution in [0.2, 0.25) is 0 Å². The molecule has 4 rings (SSSR count). The van der Waals surface area contributed by atoms with Gasteiger partial charge in [0.15, 0.2) is 0 Å². The van der Waals surface area contributed by atoms with Crippen molar-refractivity contribution in [3.63, 3.8) is 0 Å². The molecule has 2 saturated heterocycles. The molecule has 0 unspecified atom stereocenters. The molecule has 0 N–H and O–H groups in total. The van der Waals surface area contributed by atoms with Gasteiger partial charge < -0.3 is 9.80 Å². The number of rotatable bonds is 4. The van der Waals surface area contributed by atoms with E-state index in [-0.39, 0.29) is 17.9 Å². The SMILES string of the molecule is O=C(C(=O)N1CCC[C@@H]2CN(C(=O)/C=C/c3cccs3)CC[C@H]21)c1ccccc1. The van der Waals surface area contributed by atoms with Crippen LogP contribution in [0.3, 0.4) is 0 Å². The largest absolute Gasteiger partial charge is 0.339 e. The molecule has 3 heterocycles. The van der Waals surface area contributed by atoms with E-state index in [2.05, 4.69) is 0 Å². The minimum absolute atomic E-state index is 0.0145. The minimum atomic E-state index is -0.441. The van der Waals surface area contributed by atoms with E-state index in [9.17, 15) is 14.4 Å². The van der Waals surface area contributed by atoms with Crippen LogP contribution in [-0.2, 0) is 9.59 Å². The Balaban J connectivity index is 1.41. The number of carbonyl (C=O) groups excluding carboxylic acids is 3. The van der Waals surface area contributed by atoms with Gasteiger partial charge in [0.25, 0.3) is 5.91 Å². The van der Waals surface area contributed by atoms with E-state index in [0.29, 0.717) is 25.2 Å². The van der Waals surface area contributed by atoms with Crippen LogP contribution in [0.5, 0.6) is 0 Å². The van der Waals surface area contributed by atoms with Gasteiger partial charge >= 0.3 is 0 Å². The lowest BCUT2D eigenvalue weighted by Crippen LogP contribution is -2.57. The van der Waals surface area contributed by atoms with Crippen molar-refractivity contribution in [3.05, 3.63) is 64.4 Å². The van der Waals surface area contributed by atoms with Crippen LogP contribution in [0.1, 0.15) is 34.5 Å². The Kier molecular flexibility index (Phi) is 5.90. The zero-order valence-corrected chi connectivity index (χ0v) is 17.0. The van der Waals surface area contributed by atoms with Gasteiger partial charge in [-0.3, -0.25) is 14.4 Å². The number of benzene rings is 1. The summed E-state index contributed by atoms with van der Waals surface area (Å²) in [7, 11) is 0. The summed E-state index contributed by atoms with van der Waals surface area (Å²) in [5, 5.41) is 1.99. The van der Waals surface area contributed by atoms with Crippen LogP contribution in [0, 0.1) is 5.92 Å². The summed E-state index contributed by atoms with van der Waals surface area (Å²) in [4.78, 5) is 42.8. The molecule has 0 bridgehead atoms. The van der Waals surface area contributed by atoms with Gasteiger partial charge in [0.2, 0.25) is 11.7 Å². The van der Waals surface area contributed by atoms with Crippen LogP contribution >= 0.6 is 11.3 Å². The van der Waals surface area contributed by atoms with Gasteiger partial charge in [-0.05, 0) is 42.7 Å². The highest BCUT2D eigenvalue weighted by molar-refractivity contribution is 7.10. The van der Waals surface area contributed by atoms with Gasteiger partial charge in [-0.25, -0.2) is 0 Å². The maximum absolute atomic E-state index is 12.9. The Morgan fingerprint density at radius 2 is 1.83 bits per heavy atom. The summed E-state index contributed by atoms with van der Waals surface area (Å²) < 4.78 is 0. The van der Waals surface area contributed by atoms with Crippen molar-refractivity contribution in [1.29, 1.82) is 0 Å². The molecule has 1 aromatic heterocycles. The first-order valence-electron chi connectivity index (χ1n) is 10.0. The number of hydrogen-bond acceptors (Lipinski definition) is 4. The smallest absolute Gasteiger partial charge is 0.295 e. The fourth-order valence-corrected chi connectivity index (χ4v) is 4.96. The average molecular weight is 409 g/mol. The van der Waals surface area contributed by atoms with Crippen LogP contribution in [-0.4, -0.2) is 53.1 Å². The molecule has 2 aromatic rings. The Morgan fingerprint density at radius 1 is 1.00 bits per heavy atom. The topological polar surface area (TPSA) is 57.7 Å². The highest BCUT2D eigenvalue weighted by Gasteiger charge is 2.40. The lowest BCUT2D eigenvalue weighted by atomic mass is 9.83. The number of piperidine rings is 2. The predicted octanol–water partition coefficient (Wildman–Crippen LogP) is 3.48. The lowest BCUT2D eigenvalue weighted by molar-refractivity contribution is -0.136. The molecule has 0 saturated carbocycles. The third kappa shape index (κ3) is 4.32. The number of ketones is 1. The normalized spacial score (nSPS) is 21.8. The molecule has 2 aliphatic heterocycles. The highest BCUT2D eigenvalue weighted by Crippen LogP contribution is 2.31. The summed E-state index contributed by atoms with van der Waals surface area (Å²) in [6.07, 6.45) is 6.05. The molecule has 150 valence electrons. The standard InChI is InChI=1S/C23H24N2O3S/c26-21(11-10-19-9-5-15-29-19)24-14-12-20-18(16-24)8-4-13-25(20)23(28)22(27)17-6-2-1-3-7-17/h1-3,5-7,9-11,15,18,20H,4,8,12-14,16H2/b11-10+/t18-,20-/m1/s1. The predicted molar refractivity (Wildman–Crippen MR) is 114 cm³/mol. The summed E-state index contributed by atoms with van der Waals surface area (Å²) >= 11 is 1.60. The fourth-order valence-electron chi connectivity index (χ4n) is 4.34. The van der Waals surface area contributed by atoms with Gasteiger partial charge in [0, 0.05) is 42.2 Å². The van der Waals surface area contributed by atoms with E-state index < -0.39 is 11.7 Å². The van der Waals surface area contributed by atoms with Crippen molar-refractivity contribution in [1.82, 2.24) is 9.80 Å². The molecule has 29 heavy (non-hydrogen) atoms. The van der Waals surface area contributed by atoms with Gasteiger partial charge in [0.1, 0.15) is 0 Å². The van der Waals surface area contributed by atoms with E-state index >= 15 is 0 Å². The maximum atomic E-state index is 12.9. The van der Waals surface area contributed by atoms with Crippen molar-refractivity contribution in [3.8, 4) is 0 Å². The summed E-state index contributed by atoms with van der Waals surface area (Å²) in [6.45, 7) is 1.87. The van der Waals surface area contributed by atoms with Crippen molar-refractivity contribution < 1.29 is 14.4 Å². The van der Waals surface area contributed by atoms with Gasteiger partial charge in [-0.2, -0.15) is 0 Å². The third-order valence-electron chi connectivity index (χ3n) is 5.80. The first-order valence-corrected chi connectivity index (χ1v) is 10.9. The highest BCUT2D eigenvalue weighted by atomic mass is 32.1. The monoisotopic (exact) mass is 408 g/mol. The lowest BCUT2D eigenvalue weighted by Gasteiger charge is -2.46. The van der Waals surface area contributed by atoms with E-state index in [1.807, 2.05) is 34.6 Å². The Labute approximate surface area is 174 Å². The van der Waals surface area contributed by atoms with Gasteiger partial charge in [-0.15, -0.1) is 11.3 Å². The molecule has 0 aliphatic carbocycles. The van der Waals surface area contributed by atoms with Crippen LogP contribution < -0.4 is 0 Å². The number of carbonyl (C=O) groups is 3. The number of thiophene rings is 1. The second-order valence-electron chi connectivity index (χ2n) is 7.59. The summed E-state index contributed by atoms with van der Waals surface area (Å²) in [6, 6.07) is 12.7.